The standard InChI is InChI=1S/C23H25N3O3/c1-14(2)17-9-4-5-10-18(17)25-21(28)19-20(27)23(3,26-22(19)29)12-15-7-6-8-16(11-15)13-24/h4-11,14,19-20,27H,12H2,1-3H3,(H,25,28)(H,26,29). The van der Waals surface area contributed by atoms with E-state index in [4.69, 9.17) is 5.26 Å². The van der Waals surface area contributed by atoms with E-state index in [1.165, 1.54) is 0 Å². The topological polar surface area (TPSA) is 102 Å². The predicted octanol–water partition coefficient (Wildman–Crippen LogP) is 2.73. The maximum absolute atomic E-state index is 12.9. The number of rotatable bonds is 5. The molecular formula is C23H25N3O3. The quantitative estimate of drug-likeness (QED) is 0.682. The fourth-order valence-corrected chi connectivity index (χ4v) is 3.86. The van der Waals surface area contributed by atoms with Gasteiger partial charge in [-0.1, -0.05) is 44.2 Å². The van der Waals surface area contributed by atoms with Gasteiger partial charge in [-0.15, -0.1) is 0 Å². The van der Waals surface area contributed by atoms with E-state index in [0.29, 0.717) is 17.7 Å². The summed E-state index contributed by atoms with van der Waals surface area (Å²) >= 11 is 0. The van der Waals surface area contributed by atoms with Crippen molar-refractivity contribution in [2.75, 3.05) is 5.32 Å². The van der Waals surface area contributed by atoms with E-state index in [-0.39, 0.29) is 5.92 Å². The van der Waals surface area contributed by atoms with Gasteiger partial charge in [0.2, 0.25) is 11.8 Å². The number of amides is 2. The highest BCUT2D eigenvalue weighted by Gasteiger charge is 2.52. The number of aliphatic hydroxyl groups is 1. The van der Waals surface area contributed by atoms with Crippen LogP contribution in [0.5, 0.6) is 0 Å². The second kappa shape index (κ2) is 8.06. The molecule has 0 aromatic heterocycles. The largest absolute Gasteiger partial charge is 0.389 e. The van der Waals surface area contributed by atoms with Crippen LogP contribution >= 0.6 is 0 Å². The molecule has 3 rings (SSSR count). The summed E-state index contributed by atoms with van der Waals surface area (Å²) in [6.45, 7) is 5.76. The number of para-hydroxylation sites is 1. The van der Waals surface area contributed by atoms with E-state index in [1.807, 2.05) is 38.1 Å². The highest BCUT2D eigenvalue weighted by Crippen LogP contribution is 2.31. The molecule has 6 heteroatoms. The third-order valence-electron chi connectivity index (χ3n) is 5.41. The number of aliphatic hydroxyl groups excluding tert-OH is 1. The van der Waals surface area contributed by atoms with Crippen molar-refractivity contribution in [2.24, 2.45) is 5.92 Å². The van der Waals surface area contributed by atoms with Crippen molar-refractivity contribution >= 4 is 17.5 Å². The van der Waals surface area contributed by atoms with Gasteiger partial charge in [0.15, 0.2) is 0 Å². The van der Waals surface area contributed by atoms with Gasteiger partial charge >= 0.3 is 0 Å². The van der Waals surface area contributed by atoms with Crippen LogP contribution in [0, 0.1) is 17.2 Å². The van der Waals surface area contributed by atoms with Gasteiger partial charge in [0.25, 0.3) is 0 Å². The third kappa shape index (κ3) is 4.15. The van der Waals surface area contributed by atoms with Gasteiger partial charge in [-0.3, -0.25) is 9.59 Å². The lowest BCUT2D eigenvalue weighted by Gasteiger charge is -2.29. The molecule has 3 unspecified atom stereocenters. The van der Waals surface area contributed by atoms with E-state index >= 15 is 0 Å². The van der Waals surface area contributed by atoms with Crippen LogP contribution in [-0.4, -0.2) is 28.6 Å². The SMILES string of the molecule is CC(C)c1ccccc1NC(=O)C1C(=O)NC(C)(Cc2cccc(C#N)c2)C1O. The number of hydrogen-bond donors (Lipinski definition) is 3. The van der Waals surface area contributed by atoms with Crippen LogP contribution in [0.2, 0.25) is 0 Å². The van der Waals surface area contributed by atoms with Crippen LogP contribution in [0.25, 0.3) is 0 Å². The van der Waals surface area contributed by atoms with Crippen molar-refractivity contribution in [2.45, 2.75) is 44.8 Å². The van der Waals surface area contributed by atoms with E-state index in [9.17, 15) is 14.7 Å². The van der Waals surface area contributed by atoms with E-state index in [0.717, 1.165) is 11.1 Å². The van der Waals surface area contributed by atoms with Crippen molar-refractivity contribution in [3.05, 3.63) is 65.2 Å². The summed E-state index contributed by atoms with van der Waals surface area (Å²) in [6, 6.07) is 16.5. The first kappa shape index (κ1) is 20.6. The first-order valence-corrected chi connectivity index (χ1v) is 9.64. The second-order valence-electron chi connectivity index (χ2n) is 8.05. The number of hydrogen-bond acceptors (Lipinski definition) is 4. The van der Waals surface area contributed by atoms with Gasteiger partial charge in [0.05, 0.1) is 23.3 Å². The van der Waals surface area contributed by atoms with Crippen molar-refractivity contribution in [1.29, 1.82) is 5.26 Å². The summed E-state index contributed by atoms with van der Waals surface area (Å²) < 4.78 is 0. The summed E-state index contributed by atoms with van der Waals surface area (Å²) in [5.74, 6) is -2.04. The van der Waals surface area contributed by atoms with Gasteiger partial charge in [-0.2, -0.15) is 5.26 Å². The number of nitriles is 1. The van der Waals surface area contributed by atoms with Crippen molar-refractivity contribution in [3.63, 3.8) is 0 Å². The molecule has 2 aromatic rings. The molecule has 0 radical (unpaired) electrons. The average Bonchev–Trinajstić information content (AvgIpc) is 2.90. The van der Waals surface area contributed by atoms with Crippen LogP contribution in [0.15, 0.2) is 48.5 Å². The molecule has 1 aliphatic rings. The number of nitrogens with one attached hydrogen (secondary N) is 2. The molecule has 3 N–H and O–H groups in total. The minimum atomic E-state index is -1.21. The maximum Gasteiger partial charge on any atom is 0.239 e. The lowest BCUT2D eigenvalue weighted by molar-refractivity contribution is -0.132. The molecule has 6 nitrogen and oxygen atoms in total. The molecule has 0 bridgehead atoms. The van der Waals surface area contributed by atoms with Gasteiger partial charge in [0, 0.05) is 5.69 Å². The Balaban J connectivity index is 1.80. The first-order chi connectivity index (χ1) is 13.7. The molecule has 1 heterocycles. The van der Waals surface area contributed by atoms with E-state index < -0.39 is 29.4 Å². The highest BCUT2D eigenvalue weighted by atomic mass is 16.3. The Morgan fingerprint density at radius 1 is 1.28 bits per heavy atom. The number of nitrogens with zero attached hydrogens (tertiary/aromatic N) is 1. The fraction of sp³-hybridized carbons (Fsp3) is 0.348. The van der Waals surface area contributed by atoms with Crippen molar-refractivity contribution in [1.82, 2.24) is 5.32 Å². The highest BCUT2D eigenvalue weighted by molar-refractivity contribution is 6.09. The van der Waals surface area contributed by atoms with E-state index in [1.54, 1.807) is 31.2 Å². The Morgan fingerprint density at radius 3 is 2.69 bits per heavy atom. The van der Waals surface area contributed by atoms with Crippen LogP contribution < -0.4 is 10.6 Å². The van der Waals surface area contributed by atoms with Crippen LogP contribution in [-0.2, 0) is 16.0 Å². The normalized spacial score (nSPS) is 23.5. The van der Waals surface area contributed by atoms with E-state index in [2.05, 4.69) is 16.7 Å². The van der Waals surface area contributed by atoms with Gasteiger partial charge in [0.1, 0.15) is 5.92 Å². The monoisotopic (exact) mass is 391 g/mol. The molecule has 29 heavy (non-hydrogen) atoms. The molecular weight excluding hydrogens is 366 g/mol. The van der Waals surface area contributed by atoms with Crippen LogP contribution in [0.1, 0.15) is 43.4 Å². The summed E-state index contributed by atoms with van der Waals surface area (Å²) in [4.78, 5) is 25.5. The zero-order valence-corrected chi connectivity index (χ0v) is 16.8. The van der Waals surface area contributed by atoms with Gasteiger partial charge in [-0.25, -0.2) is 0 Å². The zero-order valence-electron chi connectivity index (χ0n) is 16.8. The minimum Gasteiger partial charge on any atom is -0.389 e. The Kier molecular flexibility index (Phi) is 5.71. The summed E-state index contributed by atoms with van der Waals surface area (Å²) in [6.07, 6.45) is -0.895. The van der Waals surface area contributed by atoms with Crippen LogP contribution in [0.4, 0.5) is 5.69 Å². The van der Waals surface area contributed by atoms with Gasteiger partial charge < -0.3 is 15.7 Å². The molecule has 2 aromatic carbocycles. The summed E-state index contributed by atoms with van der Waals surface area (Å²) in [7, 11) is 0. The Morgan fingerprint density at radius 2 is 2.00 bits per heavy atom. The number of anilines is 1. The zero-order chi connectivity index (χ0) is 21.2. The summed E-state index contributed by atoms with van der Waals surface area (Å²) in [5.41, 5.74) is 1.90. The molecule has 1 aliphatic heterocycles. The Hall–Kier alpha value is -3.17. The first-order valence-electron chi connectivity index (χ1n) is 9.64. The van der Waals surface area contributed by atoms with Crippen molar-refractivity contribution in [3.8, 4) is 6.07 Å². The molecule has 150 valence electrons. The molecule has 0 aliphatic carbocycles. The average molecular weight is 391 g/mol. The molecule has 3 atom stereocenters. The summed E-state index contributed by atoms with van der Waals surface area (Å²) in [5, 5.41) is 25.6. The smallest absolute Gasteiger partial charge is 0.239 e. The second-order valence-corrected chi connectivity index (χ2v) is 8.05. The lowest BCUT2D eigenvalue weighted by Crippen LogP contribution is -2.48. The molecule has 0 saturated carbocycles. The lowest BCUT2D eigenvalue weighted by atomic mass is 9.84. The Labute approximate surface area is 170 Å². The molecule has 1 fully saturated rings. The number of carbonyl (C=O) groups excluding carboxylic acids is 2. The third-order valence-corrected chi connectivity index (χ3v) is 5.41. The molecule has 0 spiro atoms. The predicted molar refractivity (Wildman–Crippen MR) is 110 cm³/mol. The van der Waals surface area contributed by atoms with Crippen LogP contribution in [0.3, 0.4) is 0 Å². The number of benzene rings is 2. The minimum absolute atomic E-state index is 0.200. The number of carbonyl (C=O) groups is 2. The molecule has 1 saturated heterocycles. The van der Waals surface area contributed by atoms with Crippen molar-refractivity contribution < 1.29 is 14.7 Å². The molecule has 2 amide bonds. The Bertz CT molecular complexity index is 979. The fourth-order valence-electron chi connectivity index (χ4n) is 3.86. The maximum atomic E-state index is 12.9. The van der Waals surface area contributed by atoms with Gasteiger partial charge in [-0.05, 0) is 48.6 Å².